The summed E-state index contributed by atoms with van der Waals surface area (Å²) in [6, 6.07) is 19.5. The van der Waals surface area contributed by atoms with Crippen molar-refractivity contribution in [3.05, 3.63) is 60.2 Å². The molecule has 1 aliphatic heterocycles. The molecule has 4 heteroatoms. The molecule has 4 rings (SSSR count). The molecule has 2 aromatic carbocycles. The quantitative estimate of drug-likeness (QED) is 0.651. The van der Waals surface area contributed by atoms with Crippen molar-refractivity contribution in [3.8, 4) is 5.75 Å². The van der Waals surface area contributed by atoms with Gasteiger partial charge in [0.05, 0.1) is 0 Å². The van der Waals surface area contributed by atoms with Crippen LogP contribution in [0.2, 0.25) is 0 Å². The predicted octanol–water partition coefficient (Wildman–Crippen LogP) is 4.90. The van der Waals surface area contributed by atoms with Gasteiger partial charge < -0.3 is 14.4 Å². The summed E-state index contributed by atoms with van der Waals surface area (Å²) < 4.78 is 10.9. The molecule has 2 aromatic rings. The molecule has 0 N–H and O–H groups in total. The Morgan fingerprint density at radius 2 is 1.66 bits per heavy atom. The third-order valence-corrected chi connectivity index (χ3v) is 6.82. The van der Waals surface area contributed by atoms with Gasteiger partial charge in [0.1, 0.15) is 5.75 Å². The first-order valence-electron chi connectivity index (χ1n) is 11.0. The molecule has 156 valence electrons. The van der Waals surface area contributed by atoms with Gasteiger partial charge in [-0.25, -0.2) is 0 Å². The second kappa shape index (κ2) is 9.19. The average molecular weight is 395 g/mol. The van der Waals surface area contributed by atoms with Gasteiger partial charge in [-0.2, -0.15) is 0 Å². The number of benzene rings is 2. The zero-order chi connectivity index (χ0) is 20.1. The topological polar surface area (TPSA) is 24.9 Å². The van der Waals surface area contributed by atoms with Crippen molar-refractivity contribution in [1.29, 1.82) is 0 Å². The van der Waals surface area contributed by atoms with E-state index >= 15 is 0 Å². The summed E-state index contributed by atoms with van der Waals surface area (Å²) in [5.74, 6) is 1.73. The summed E-state index contributed by atoms with van der Waals surface area (Å²) in [6.07, 6.45) is 5.05. The van der Waals surface area contributed by atoms with Crippen LogP contribution in [0.25, 0.3) is 0 Å². The Morgan fingerprint density at radius 1 is 0.931 bits per heavy atom. The van der Waals surface area contributed by atoms with E-state index in [9.17, 15) is 0 Å². The Bertz CT molecular complexity index is 763. The second-order valence-corrected chi connectivity index (χ2v) is 8.60. The van der Waals surface area contributed by atoms with Gasteiger partial charge in [0.2, 0.25) is 0 Å². The molecule has 1 saturated carbocycles. The third kappa shape index (κ3) is 4.44. The SMILES string of the molecule is COCOc1cccc(C2(N3CCN(c4ccccc4)CC3)CCC(C)CC2)c1. The Hall–Kier alpha value is -2.04. The van der Waals surface area contributed by atoms with Crippen molar-refractivity contribution in [2.75, 3.05) is 45.0 Å². The molecule has 0 aromatic heterocycles. The van der Waals surface area contributed by atoms with E-state index in [1.165, 1.54) is 36.9 Å². The maximum atomic E-state index is 5.77. The van der Waals surface area contributed by atoms with Gasteiger partial charge in [0, 0.05) is 44.5 Å². The lowest BCUT2D eigenvalue weighted by Gasteiger charge is -2.51. The number of anilines is 1. The molecule has 2 aliphatic rings. The molecule has 4 nitrogen and oxygen atoms in total. The standard InChI is InChI=1S/C25H34N2O2/c1-21-11-13-25(14-12-21,22-7-6-10-24(19-22)29-20-28-2)27-17-15-26(16-18-27)23-8-4-3-5-9-23/h3-10,19,21H,11-18,20H2,1-2H3. The van der Waals surface area contributed by atoms with Crippen molar-refractivity contribution in [2.24, 2.45) is 5.92 Å². The van der Waals surface area contributed by atoms with E-state index in [4.69, 9.17) is 9.47 Å². The Labute approximate surface area is 175 Å². The molecule has 0 unspecified atom stereocenters. The number of hydrogen-bond acceptors (Lipinski definition) is 4. The van der Waals surface area contributed by atoms with Crippen LogP contribution in [0.1, 0.15) is 38.2 Å². The number of rotatable bonds is 6. The fourth-order valence-electron chi connectivity index (χ4n) is 5.06. The highest BCUT2D eigenvalue weighted by atomic mass is 16.7. The van der Waals surface area contributed by atoms with Crippen molar-refractivity contribution in [2.45, 2.75) is 38.1 Å². The summed E-state index contributed by atoms with van der Waals surface area (Å²) in [5.41, 5.74) is 2.88. The van der Waals surface area contributed by atoms with Crippen LogP contribution in [0.4, 0.5) is 5.69 Å². The van der Waals surface area contributed by atoms with Gasteiger partial charge in [0.25, 0.3) is 0 Å². The molecule has 0 bridgehead atoms. The van der Waals surface area contributed by atoms with E-state index in [1.807, 2.05) is 6.07 Å². The van der Waals surface area contributed by atoms with E-state index in [1.54, 1.807) is 7.11 Å². The molecule has 0 amide bonds. The third-order valence-electron chi connectivity index (χ3n) is 6.82. The molecule has 29 heavy (non-hydrogen) atoms. The predicted molar refractivity (Wildman–Crippen MR) is 118 cm³/mol. The average Bonchev–Trinajstić information content (AvgIpc) is 2.79. The van der Waals surface area contributed by atoms with Gasteiger partial charge in [0.15, 0.2) is 6.79 Å². The van der Waals surface area contributed by atoms with Crippen molar-refractivity contribution >= 4 is 5.69 Å². The second-order valence-electron chi connectivity index (χ2n) is 8.60. The molecule has 0 spiro atoms. The van der Waals surface area contributed by atoms with Crippen LogP contribution in [0.15, 0.2) is 54.6 Å². The normalized spacial score (nSPS) is 25.7. The van der Waals surface area contributed by atoms with Gasteiger partial charge in [-0.1, -0.05) is 37.3 Å². The first-order chi connectivity index (χ1) is 14.2. The van der Waals surface area contributed by atoms with Crippen molar-refractivity contribution in [1.82, 2.24) is 4.90 Å². The fraction of sp³-hybridized carbons (Fsp3) is 0.520. The van der Waals surface area contributed by atoms with E-state index in [-0.39, 0.29) is 5.54 Å². The molecule has 2 fully saturated rings. The molecule has 1 heterocycles. The van der Waals surface area contributed by atoms with E-state index in [0.717, 1.165) is 37.8 Å². The Kier molecular flexibility index (Phi) is 6.41. The monoisotopic (exact) mass is 394 g/mol. The summed E-state index contributed by atoms with van der Waals surface area (Å²) in [7, 11) is 1.67. The maximum Gasteiger partial charge on any atom is 0.188 e. The van der Waals surface area contributed by atoms with Crippen LogP contribution in [-0.2, 0) is 10.3 Å². The molecular formula is C25H34N2O2. The van der Waals surface area contributed by atoms with Crippen LogP contribution in [0.5, 0.6) is 5.75 Å². The summed E-state index contributed by atoms with van der Waals surface area (Å²) >= 11 is 0. The van der Waals surface area contributed by atoms with E-state index < -0.39 is 0 Å². The zero-order valence-corrected chi connectivity index (χ0v) is 17.8. The molecule has 1 saturated heterocycles. The van der Waals surface area contributed by atoms with E-state index in [0.29, 0.717) is 6.79 Å². The maximum absolute atomic E-state index is 5.77. The number of para-hydroxylation sites is 1. The highest BCUT2D eigenvalue weighted by Gasteiger charge is 2.42. The van der Waals surface area contributed by atoms with Gasteiger partial charge in [-0.05, 0) is 61.4 Å². The van der Waals surface area contributed by atoms with Gasteiger partial charge >= 0.3 is 0 Å². The van der Waals surface area contributed by atoms with Gasteiger partial charge in [-0.3, -0.25) is 4.90 Å². The first kappa shape index (κ1) is 20.2. The molecule has 0 radical (unpaired) electrons. The minimum atomic E-state index is 0.127. The number of ether oxygens (including phenoxy) is 2. The fourth-order valence-corrected chi connectivity index (χ4v) is 5.06. The summed E-state index contributed by atoms with van der Waals surface area (Å²) in [5, 5.41) is 0. The van der Waals surface area contributed by atoms with Gasteiger partial charge in [-0.15, -0.1) is 0 Å². The van der Waals surface area contributed by atoms with Crippen LogP contribution in [0.3, 0.4) is 0 Å². The molecule has 1 aliphatic carbocycles. The highest BCUT2D eigenvalue weighted by molar-refractivity contribution is 5.46. The van der Waals surface area contributed by atoms with Crippen molar-refractivity contribution in [3.63, 3.8) is 0 Å². The van der Waals surface area contributed by atoms with Crippen LogP contribution in [-0.4, -0.2) is 45.0 Å². The summed E-state index contributed by atoms with van der Waals surface area (Å²) in [4.78, 5) is 5.28. The minimum Gasteiger partial charge on any atom is -0.468 e. The summed E-state index contributed by atoms with van der Waals surface area (Å²) in [6.45, 7) is 7.07. The Balaban J connectivity index is 1.55. The van der Waals surface area contributed by atoms with Crippen LogP contribution < -0.4 is 9.64 Å². The zero-order valence-electron chi connectivity index (χ0n) is 17.8. The number of methoxy groups -OCH3 is 1. The number of hydrogen-bond donors (Lipinski definition) is 0. The highest BCUT2D eigenvalue weighted by Crippen LogP contribution is 2.45. The minimum absolute atomic E-state index is 0.127. The lowest BCUT2D eigenvalue weighted by Crippen LogP contribution is -2.56. The molecule has 0 atom stereocenters. The van der Waals surface area contributed by atoms with Crippen molar-refractivity contribution < 1.29 is 9.47 Å². The smallest absolute Gasteiger partial charge is 0.188 e. The number of piperazine rings is 1. The van der Waals surface area contributed by atoms with E-state index in [2.05, 4.69) is 65.3 Å². The number of nitrogens with zero attached hydrogens (tertiary/aromatic N) is 2. The first-order valence-corrected chi connectivity index (χ1v) is 11.0. The lowest BCUT2D eigenvalue weighted by atomic mass is 9.71. The molecular weight excluding hydrogens is 360 g/mol. The van der Waals surface area contributed by atoms with Crippen LogP contribution in [0, 0.1) is 5.92 Å². The lowest BCUT2D eigenvalue weighted by molar-refractivity contribution is 0.0285. The largest absolute Gasteiger partial charge is 0.468 e. The van der Waals surface area contributed by atoms with Crippen LogP contribution >= 0.6 is 0 Å². The Morgan fingerprint density at radius 3 is 2.34 bits per heavy atom.